The normalized spacial score (nSPS) is 16.5. The van der Waals surface area contributed by atoms with Crippen molar-refractivity contribution in [3.05, 3.63) is 53.6 Å². The van der Waals surface area contributed by atoms with Crippen LogP contribution < -0.4 is 10.7 Å². The van der Waals surface area contributed by atoms with Crippen LogP contribution in [-0.4, -0.2) is 96.2 Å². The molecule has 1 aliphatic heterocycles. The average molecular weight is 804 g/mol. The van der Waals surface area contributed by atoms with Crippen LogP contribution in [-0.2, 0) is 38.4 Å². The molecule has 4 aromatic rings. The minimum absolute atomic E-state index is 0.170. The number of hydrazine groups is 1. The van der Waals surface area contributed by atoms with E-state index < -0.39 is 59.9 Å². The number of carboxylic acid groups (broad SMARTS) is 1. The number of aliphatic hydroxyl groups is 1. The number of alkyl carbamates (subject to hydrolysis) is 1. The summed E-state index contributed by atoms with van der Waals surface area (Å²) in [7, 11) is 1.50. The number of carbonyl (C=O) groups is 3. The predicted octanol–water partition coefficient (Wildman–Crippen LogP) is 6.07. The van der Waals surface area contributed by atoms with Crippen molar-refractivity contribution in [3.8, 4) is 21.8 Å². The molecular weight excluding hydrogens is 756 g/mol. The van der Waals surface area contributed by atoms with Crippen molar-refractivity contribution in [2.24, 2.45) is 5.41 Å². The number of carbonyl (C=O) groups excluding carboxylic acids is 2. The first-order valence-corrected chi connectivity index (χ1v) is 18.9. The number of rotatable bonds is 13. The van der Waals surface area contributed by atoms with Crippen molar-refractivity contribution in [2.45, 2.75) is 104 Å². The summed E-state index contributed by atoms with van der Waals surface area (Å²) < 4.78 is 59.7. The summed E-state index contributed by atoms with van der Waals surface area (Å²) in [6.45, 7) is 9.14. The van der Waals surface area contributed by atoms with Gasteiger partial charge in [0, 0.05) is 54.9 Å². The molecule has 304 valence electrons. The maximum Gasteiger partial charge on any atom is 0.408 e. The van der Waals surface area contributed by atoms with Crippen LogP contribution in [0.3, 0.4) is 0 Å². The average Bonchev–Trinajstić information content (AvgIpc) is 3.71. The van der Waals surface area contributed by atoms with Crippen LogP contribution in [0.2, 0.25) is 0 Å². The molecule has 1 fully saturated rings. The first-order chi connectivity index (χ1) is 26.2. The minimum atomic E-state index is -4.58. The van der Waals surface area contributed by atoms with Gasteiger partial charge in [0.05, 0.1) is 17.5 Å². The van der Waals surface area contributed by atoms with Gasteiger partial charge in [-0.25, -0.2) is 15.2 Å². The van der Waals surface area contributed by atoms with E-state index in [4.69, 9.17) is 9.47 Å². The zero-order chi connectivity index (χ0) is 41.2. The Kier molecular flexibility index (Phi) is 12.8. The Morgan fingerprint density at radius 2 is 1.88 bits per heavy atom. The van der Waals surface area contributed by atoms with Gasteiger partial charge in [0.25, 0.3) is 5.91 Å². The third kappa shape index (κ3) is 10.2. The molecule has 0 bridgehead atoms. The smallest absolute Gasteiger partial charge is 0.408 e. The van der Waals surface area contributed by atoms with E-state index in [0.717, 1.165) is 11.5 Å². The summed E-state index contributed by atoms with van der Waals surface area (Å²) in [5.41, 5.74) is 3.80. The number of benzene rings is 1. The molecule has 5 rings (SSSR count). The van der Waals surface area contributed by atoms with E-state index in [1.807, 2.05) is 13.8 Å². The molecular formula is C38H48F3N7O7S. The fourth-order valence-electron chi connectivity index (χ4n) is 6.57. The van der Waals surface area contributed by atoms with Gasteiger partial charge in [0.2, 0.25) is 0 Å². The summed E-state index contributed by atoms with van der Waals surface area (Å²) in [4.78, 5) is 47.4. The van der Waals surface area contributed by atoms with Gasteiger partial charge >= 0.3 is 18.2 Å². The van der Waals surface area contributed by atoms with Gasteiger partial charge in [-0.3, -0.25) is 19.6 Å². The van der Waals surface area contributed by atoms with E-state index in [9.17, 15) is 37.8 Å². The minimum Gasteiger partial charge on any atom is -0.480 e. The van der Waals surface area contributed by atoms with Crippen LogP contribution >= 0.6 is 11.5 Å². The summed E-state index contributed by atoms with van der Waals surface area (Å²) in [6.07, 6.45) is -3.63. The summed E-state index contributed by atoms with van der Waals surface area (Å²) in [5.74, 6) is -1.53. The molecule has 1 aliphatic rings. The van der Waals surface area contributed by atoms with E-state index in [-0.39, 0.29) is 31.8 Å². The van der Waals surface area contributed by atoms with Crippen molar-refractivity contribution in [3.63, 3.8) is 0 Å². The van der Waals surface area contributed by atoms with Crippen LogP contribution in [0, 0.1) is 5.41 Å². The molecule has 3 aromatic heterocycles. The summed E-state index contributed by atoms with van der Waals surface area (Å²) in [6, 6.07) is 6.16. The number of aliphatic carboxylic acids is 1. The van der Waals surface area contributed by atoms with Gasteiger partial charge in [0.1, 0.15) is 35.1 Å². The van der Waals surface area contributed by atoms with E-state index in [0.29, 0.717) is 56.8 Å². The first kappa shape index (κ1) is 42.5. The van der Waals surface area contributed by atoms with Gasteiger partial charge < -0.3 is 29.6 Å². The Balaban J connectivity index is 1.59. The van der Waals surface area contributed by atoms with Crippen molar-refractivity contribution < 1.29 is 47.2 Å². The lowest BCUT2D eigenvalue weighted by molar-refractivity contribution is -0.148. The molecule has 2 unspecified atom stereocenters. The molecule has 0 radical (unpaired) electrons. The molecule has 1 saturated heterocycles. The standard InChI is InChI=1S/C38H48F3N7O7S/c1-21(54-7)30-23(10-8-14-42-30)31-25(18-37(5,6)20-49)24-16-22(12-13-28(24)47(31)19-38(39,40)41)32-44-29(46-56-32)17-27(43-35(53)55-36(2,3)4)33(50)48-15-9-11-26(45-48)34(51)52/h8,10,12-14,16,21,26-27,45,49H,9,11,15,17-20H2,1-7H3,(H,43,53)(H,51,52)/t21?,26-,27?/m0/s1. The Bertz CT molecular complexity index is 2060. The lowest BCUT2D eigenvalue weighted by Crippen LogP contribution is -2.60. The van der Waals surface area contributed by atoms with Gasteiger partial charge in [-0.15, -0.1) is 0 Å². The number of hydrogen-bond acceptors (Lipinski definition) is 11. The van der Waals surface area contributed by atoms with Crippen LogP contribution in [0.1, 0.15) is 77.6 Å². The van der Waals surface area contributed by atoms with E-state index >= 15 is 0 Å². The number of nitrogens with one attached hydrogen (secondary N) is 2. The SMILES string of the molecule is COC(C)c1ncccc1-c1c(CC(C)(C)CO)c2cc(-c3nc(CC(NC(=O)OC(C)(C)C)C(=O)N4CCC[C@@H](C(=O)O)N4)ns3)ccc2n1CC(F)(F)F. The Morgan fingerprint density at radius 1 is 1.14 bits per heavy atom. The third-order valence-corrected chi connectivity index (χ3v) is 10.1. The molecule has 0 saturated carbocycles. The monoisotopic (exact) mass is 803 g/mol. The fraction of sp³-hybridized carbons (Fsp3) is 0.526. The molecule has 1 aromatic carbocycles. The number of pyridine rings is 1. The highest BCUT2D eigenvalue weighted by Crippen LogP contribution is 2.42. The molecule has 3 atom stereocenters. The second kappa shape index (κ2) is 16.8. The van der Waals surface area contributed by atoms with E-state index in [2.05, 4.69) is 25.1 Å². The number of nitrogens with zero attached hydrogens (tertiary/aromatic N) is 5. The second-order valence-corrected chi connectivity index (χ2v) is 16.4. The van der Waals surface area contributed by atoms with Gasteiger partial charge in [-0.1, -0.05) is 13.8 Å². The zero-order valence-corrected chi connectivity index (χ0v) is 33.2. The van der Waals surface area contributed by atoms with Crippen LogP contribution in [0.15, 0.2) is 36.5 Å². The molecule has 14 nitrogen and oxygen atoms in total. The van der Waals surface area contributed by atoms with Gasteiger partial charge in [0.15, 0.2) is 0 Å². The van der Waals surface area contributed by atoms with Crippen molar-refractivity contribution in [1.29, 1.82) is 0 Å². The Labute approximate surface area is 326 Å². The maximum absolute atomic E-state index is 14.3. The number of aromatic nitrogens is 4. The van der Waals surface area contributed by atoms with Gasteiger partial charge in [-0.05, 0) is 99.8 Å². The largest absolute Gasteiger partial charge is 0.480 e. The van der Waals surface area contributed by atoms with Crippen LogP contribution in [0.4, 0.5) is 18.0 Å². The molecule has 0 spiro atoms. The van der Waals surface area contributed by atoms with Gasteiger partial charge in [-0.2, -0.15) is 17.5 Å². The fourth-order valence-corrected chi connectivity index (χ4v) is 7.26. The van der Waals surface area contributed by atoms with E-state index in [1.165, 1.54) is 16.7 Å². The number of alkyl halides is 3. The van der Waals surface area contributed by atoms with Crippen LogP contribution in [0.25, 0.3) is 32.7 Å². The lowest BCUT2D eigenvalue weighted by atomic mass is 9.84. The molecule has 4 heterocycles. The summed E-state index contributed by atoms with van der Waals surface area (Å²) >= 11 is 1.01. The Hall–Kier alpha value is -4.65. The van der Waals surface area contributed by atoms with Crippen molar-refractivity contribution in [1.82, 2.24) is 34.7 Å². The zero-order valence-electron chi connectivity index (χ0n) is 32.4. The van der Waals surface area contributed by atoms with E-state index in [1.54, 1.807) is 64.2 Å². The number of ether oxygens (including phenoxy) is 2. The number of hydrogen-bond donors (Lipinski definition) is 4. The molecule has 0 aliphatic carbocycles. The first-order valence-electron chi connectivity index (χ1n) is 18.1. The summed E-state index contributed by atoms with van der Waals surface area (Å²) in [5, 5.41) is 24.5. The highest BCUT2D eigenvalue weighted by molar-refractivity contribution is 7.09. The highest BCUT2D eigenvalue weighted by atomic mass is 32.1. The number of amides is 2. The third-order valence-electron chi connectivity index (χ3n) is 9.26. The highest BCUT2D eigenvalue weighted by Gasteiger charge is 2.36. The maximum atomic E-state index is 14.3. The number of fused-ring (bicyclic) bond motifs is 1. The number of methoxy groups -OCH3 is 1. The van der Waals surface area contributed by atoms with Crippen molar-refractivity contribution >= 4 is 40.4 Å². The molecule has 18 heteroatoms. The molecule has 4 N–H and O–H groups in total. The second-order valence-electron chi connectivity index (χ2n) is 15.6. The van der Waals surface area contributed by atoms with Crippen LogP contribution in [0.5, 0.6) is 0 Å². The quantitative estimate of drug-likeness (QED) is 0.123. The number of halogens is 3. The molecule has 56 heavy (non-hydrogen) atoms. The Morgan fingerprint density at radius 3 is 2.52 bits per heavy atom. The number of carboxylic acids is 1. The molecule has 2 amide bonds. The predicted molar refractivity (Wildman–Crippen MR) is 202 cm³/mol. The topological polar surface area (TPSA) is 181 Å². The number of aliphatic hydroxyl groups excluding tert-OH is 1. The van der Waals surface area contributed by atoms with Crippen molar-refractivity contribution in [2.75, 3.05) is 20.3 Å². The lowest BCUT2D eigenvalue weighted by Gasteiger charge is -2.34.